The SMILES string of the molecule is C=C(O)c1sc(C)nc1C. The van der Waals surface area contributed by atoms with E-state index in [1.54, 1.807) is 0 Å². The van der Waals surface area contributed by atoms with Crippen molar-refractivity contribution in [3.63, 3.8) is 0 Å². The Hall–Kier alpha value is -0.830. The molecule has 1 aromatic heterocycles. The van der Waals surface area contributed by atoms with E-state index in [1.807, 2.05) is 13.8 Å². The van der Waals surface area contributed by atoms with Gasteiger partial charge >= 0.3 is 0 Å². The molecule has 0 aromatic carbocycles. The summed E-state index contributed by atoms with van der Waals surface area (Å²) in [5.74, 6) is 0.114. The maximum absolute atomic E-state index is 8.99. The molecule has 0 bridgehead atoms. The summed E-state index contributed by atoms with van der Waals surface area (Å²) in [4.78, 5) is 4.92. The van der Waals surface area contributed by atoms with E-state index in [0.717, 1.165) is 15.6 Å². The summed E-state index contributed by atoms with van der Waals surface area (Å²) in [6.07, 6.45) is 0. The highest BCUT2D eigenvalue weighted by molar-refractivity contribution is 7.12. The fourth-order valence-corrected chi connectivity index (χ4v) is 1.59. The second kappa shape index (κ2) is 2.42. The van der Waals surface area contributed by atoms with E-state index in [1.165, 1.54) is 11.3 Å². The molecule has 0 saturated heterocycles. The molecule has 0 aliphatic rings. The molecule has 0 saturated carbocycles. The van der Waals surface area contributed by atoms with Crippen molar-refractivity contribution in [2.45, 2.75) is 13.8 Å². The number of rotatable bonds is 1. The Kier molecular flexibility index (Phi) is 1.76. The first kappa shape index (κ1) is 7.28. The standard InChI is InChI=1S/C7H9NOS/c1-4-7(5(2)9)10-6(3)8-4/h9H,2H2,1,3H3. The van der Waals surface area contributed by atoms with Gasteiger partial charge in [-0.3, -0.25) is 0 Å². The summed E-state index contributed by atoms with van der Waals surface area (Å²) in [7, 11) is 0. The minimum atomic E-state index is 0.114. The Balaban J connectivity index is 3.15. The van der Waals surface area contributed by atoms with Crippen molar-refractivity contribution >= 4 is 17.1 Å². The third kappa shape index (κ3) is 1.19. The van der Waals surface area contributed by atoms with Crippen molar-refractivity contribution in [3.05, 3.63) is 22.2 Å². The number of hydrogen-bond donors (Lipinski definition) is 1. The zero-order chi connectivity index (χ0) is 7.72. The maximum Gasteiger partial charge on any atom is 0.127 e. The van der Waals surface area contributed by atoms with Gasteiger partial charge in [0, 0.05) is 0 Å². The predicted molar refractivity (Wildman–Crippen MR) is 43.3 cm³/mol. The van der Waals surface area contributed by atoms with Crippen LogP contribution in [0.2, 0.25) is 0 Å². The second-order valence-corrected chi connectivity index (χ2v) is 3.30. The summed E-state index contributed by atoms with van der Waals surface area (Å²) in [6, 6.07) is 0. The van der Waals surface area contributed by atoms with Crippen LogP contribution >= 0.6 is 11.3 Å². The highest BCUT2D eigenvalue weighted by atomic mass is 32.1. The minimum absolute atomic E-state index is 0.114. The Morgan fingerprint density at radius 1 is 1.60 bits per heavy atom. The topological polar surface area (TPSA) is 33.1 Å². The van der Waals surface area contributed by atoms with E-state index < -0.39 is 0 Å². The van der Waals surface area contributed by atoms with Crippen LogP contribution in [0.5, 0.6) is 0 Å². The largest absolute Gasteiger partial charge is 0.507 e. The van der Waals surface area contributed by atoms with Crippen LogP contribution in [0, 0.1) is 13.8 Å². The average molecular weight is 155 g/mol. The lowest BCUT2D eigenvalue weighted by Crippen LogP contribution is -1.78. The zero-order valence-electron chi connectivity index (χ0n) is 6.01. The van der Waals surface area contributed by atoms with Gasteiger partial charge in [0.15, 0.2) is 0 Å². The molecule has 0 spiro atoms. The van der Waals surface area contributed by atoms with Crippen LogP contribution < -0.4 is 0 Å². The fraction of sp³-hybridized carbons (Fsp3) is 0.286. The van der Waals surface area contributed by atoms with E-state index in [9.17, 15) is 0 Å². The fourth-order valence-electron chi connectivity index (χ4n) is 0.799. The molecule has 1 heterocycles. The van der Waals surface area contributed by atoms with Crippen LogP contribution in [0.1, 0.15) is 15.6 Å². The van der Waals surface area contributed by atoms with Crippen molar-refractivity contribution in [3.8, 4) is 0 Å². The molecule has 0 aliphatic heterocycles. The van der Waals surface area contributed by atoms with Gasteiger partial charge in [0.1, 0.15) is 5.76 Å². The van der Waals surface area contributed by atoms with E-state index in [-0.39, 0.29) is 5.76 Å². The molecule has 54 valence electrons. The molecular weight excluding hydrogens is 146 g/mol. The molecular formula is C7H9NOS. The lowest BCUT2D eigenvalue weighted by Gasteiger charge is -1.90. The average Bonchev–Trinajstić information content (AvgIpc) is 2.10. The van der Waals surface area contributed by atoms with Gasteiger partial charge in [-0.25, -0.2) is 4.98 Å². The van der Waals surface area contributed by atoms with Crippen LogP contribution in [0.15, 0.2) is 6.58 Å². The van der Waals surface area contributed by atoms with Crippen LogP contribution in [0.25, 0.3) is 5.76 Å². The number of aryl methyl sites for hydroxylation is 2. The maximum atomic E-state index is 8.99. The molecule has 0 amide bonds. The highest BCUT2D eigenvalue weighted by Gasteiger charge is 2.05. The summed E-state index contributed by atoms with van der Waals surface area (Å²) in [5, 5.41) is 9.95. The quantitative estimate of drug-likeness (QED) is 0.631. The van der Waals surface area contributed by atoms with Crippen LogP contribution in [-0.2, 0) is 0 Å². The van der Waals surface area contributed by atoms with Gasteiger partial charge in [0.25, 0.3) is 0 Å². The number of hydrogen-bond acceptors (Lipinski definition) is 3. The molecule has 0 unspecified atom stereocenters. The second-order valence-electron chi connectivity index (χ2n) is 2.09. The molecule has 1 rings (SSSR count). The number of aromatic nitrogens is 1. The normalized spacial score (nSPS) is 9.80. The Morgan fingerprint density at radius 2 is 2.20 bits per heavy atom. The molecule has 0 radical (unpaired) electrons. The van der Waals surface area contributed by atoms with Crippen LogP contribution in [0.4, 0.5) is 0 Å². The monoisotopic (exact) mass is 155 g/mol. The molecule has 10 heavy (non-hydrogen) atoms. The summed E-state index contributed by atoms with van der Waals surface area (Å²) in [6.45, 7) is 7.19. The lowest BCUT2D eigenvalue weighted by atomic mass is 10.4. The van der Waals surface area contributed by atoms with Gasteiger partial charge < -0.3 is 5.11 Å². The Bertz CT molecular complexity index is 265. The number of nitrogens with zero attached hydrogens (tertiary/aromatic N) is 1. The molecule has 2 nitrogen and oxygen atoms in total. The van der Waals surface area contributed by atoms with Crippen molar-refractivity contribution in [2.75, 3.05) is 0 Å². The molecule has 1 N–H and O–H groups in total. The molecule has 3 heteroatoms. The zero-order valence-corrected chi connectivity index (χ0v) is 6.83. The van der Waals surface area contributed by atoms with Crippen molar-refractivity contribution in [2.24, 2.45) is 0 Å². The summed E-state index contributed by atoms with van der Waals surface area (Å²) < 4.78 is 0. The molecule has 1 aromatic rings. The van der Waals surface area contributed by atoms with Gasteiger partial charge in [-0.2, -0.15) is 0 Å². The van der Waals surface area contributed by atoms with E-state index in [4.69, 9.17) is 5.11 Å². The van der Waals surface area contributed by atoms with Gasteiger partial charge in [-0.05, 0) is 13.8 Å². The highest BCUT2D eigenvalue weighted by Crippen LogP contribution is 2.21. The van der Waals surface area contributed by atoms with Gasteiger partial charge in [0.2, 0.25) is 0 Å². The lowest BCUT2D eigenvalue weighted by molar-refractivity contribution is 0.515. The summed E-state index contributed by atoms with van der Waals surface area (Å²) >= 11 is 1.46. The molecule has 0 atom stereocenters. The van der Waals surface area contributed by atoms with Gasteiger partial charge in [0.05, 0.1) is 15.6 Å². The summed E-state index contributed by atoms with van der Waals surface area (Å²) in [5.41, 5.74) is 0.856. The van der Waals surface area contributed by atoms with Crippen molar-refractivity contribution < 1.29 is 5.11 Å². The van der Waals surface area contributed by atoms with Gasteiger partial charge in [-0.15, -0.1) is 11.3 Å². The predicted octanol–water partition coefficient (Wildman–Crippen LogP) is 2.29. The minimum Gasteiger partial charge on any atom is -0.507 e. The Morgan fingerprint density at radius 3 is 2.40 bits per heavy atom. The molecule has 0 aliphatic carbocycles. The van der Waals surface area contributed by atoms with Crippen LogP contribution in [-0.4, -0.2) is 10.1 Å². The smallest absolute Gasteiger partial charge is 0.127 e. The third-order valence-corrected chi connectivity index (χ3v) is 2.29. The van der Waals surface area contributed by atoms with Crippen molar-refractivity contribution in [1.29, 1.82) is 0 Å². The van der Waals surface area contributed by atoms with E-state index in [0.29, 0.717) is 0 Å². The first-order valence-electron chi connectivity index (χ1n) is 2.93. The first-order chi connectivity index (χ1) is 4.61. The number of aliphatic hydroxyl groups excluding tert-OH is 1. The first-order valence-corrected chi connectivity index (χ1v) is 3.75. The van der Waals surface area contributed by atoms with E-state index in [2.05, 4.69) is 11.6 Å². The van der Waals surface area contributed by atoms with Gasteiger partial charge in [-0.1, -0.05) is 6.58 Å². The van der Waals surface area contributed by atoms with Crippen molar-refractivity contribution in [1.82, 2.24) is 4.98 Å². The van der Waals surface area contributed by atoms with Crippen LogP contribution in [0.3, 0.4) is 0 Å². The number of aliphatic hydroxyl groups is 1. The number of thiazole rings is 1. The molecule has 0 fully saturated rings. The third-order valence-electron chi connectivity index (χ3n) is 1.17. The van der Waals surface area contributed by atoms with E-state index >= 15 is 0 Å². The Labute approximate surface area is 63.9 Å².